The molecular weight excluding hydrogens is 526 g/mol. The van der Waals surface area contributed by atoms with Crippen LogP contribution < -0.4 is 14.4 Å². The number of ether oxygens (including phenoxy) is 1. The zero-order valence-corrected chi connectivity index (χ0v) is 24.9. The van der Waals surface area contributed by atoms with Crippen molar-refractivity contribution in [1.29, 1.82) is 0 Å². The first-order chi connectivity index (χ1) is 18.9. The largest absolute Gasteiger partial charge is 0.495 e. The van der Waals surface area contributed by atoms with Crippen molar-refractivity contribution in [3.63, 3.8) is 0 Å². The lowest BCUT2D eigenvalue weighted by Gasteiger charge is -2.32. The van der Waals surface area contributed by atoms with E-state index in [1.165, 1.54) is 24.1 Å². The molecule has 8 nitrogen and oxygen atoms in total. The molecule has 0 saturated carbocycles. The monoisotopic (exact) mass is 565 g/mol. The fraction of sp³-hybridized carbons (Fsp3) is 0.355. The highest BCUT2D eigenvalue weighted by atomic mass is 32.2. The lowest BCUT2D eigenvalue weighted by molar-refractivity contribution is -0.139. The van der Waals surface area contributed by atoms with E-state index in [0.29, 0.717) is 12.2 Å². The van der Waals surface area contributed by atoms with Gasteiger partial charge in [-0.15, -0.1) is 0 Å². The lowest BCUT2D eigenvalue weighted by Crippen LogP contribution is -2.53. The number of sulfonamides is 1. The molecule has 0 unspecified atom stereocenters. The molecule has 0 saturated heterocycles. The summed E-state index contributed by atoms with van der Waals surface area (Å²) in [6, 6.07) is 20.4. The minimum atomic E-state index is -4.18. The van der Waals surface area contributed by atoms with Crippen molar-refractivity contribution in [3.05, 3.63) is 89.5 Å². The van der Waals surface area contributed by atoms with E-state index < -0.39 is 28.5 Å². The van der Waals surface area contributed by atoms with Crippen LogP contribution in [-0.2, 0) is 26.0 Å². The van der Waals surface area contributed by atoms with Gasteiger partial charge in [-0.05, 0) is 76.4 Å². The molecule has 0 aliphatic heterocycles. The molecular formula is C31H39N3O5S. The predicted octanol–water partition coefficient (Wildman–Crippen LogP) is 4.49. The number of rotatable bonds is 12. The third kappa shape index (κ3) is 7.63. The van der Waals surface area contributed by atoms with E-state index in [2.05, 4.69) is 5.32 Å². The van der Waals surface area contributed by atoms with E-state index in [4.69, 9.17) is 4.74 Å². The van der Waals surface area contributed by atoms with Crippen molar-refractivity contribution < 1.29 is 22.7 Å². The fourth-order valence-electron chi connectivity index (χ4n) is 4.32. The summed E-state index contributed by atoms with van der Waals surface area (Å²) < 4.78 is 34.7. The number of hydrogen-bond acceptors (Lipinski definition) is 5. The van der Waals surface area contributed by atoms with Crippen molar-refractivity contribution in [2.75, 3.05) is 24.5 Å². The third-order valence-corrected chi connectivity index (χ3v) is 8.35. The van der Waals surface area contributed by atoms with Crippen LogP contribution in [-0.4, -0.2) is 57.4 Å². The van der Waals surface area contributed by atoms with Crippen LogP contribution in [0.3, 0.4) is 0 Å². The Labute approximate surface area is 238 Å². The number of carbonyl (C=O) groups excluding carboxylic acids is 2. The zero-order chi connectivity index (χ0) is 29.4. The second-order valence-corrected chi connectivity index (χ2v) is 12.0. The molecule has 0 radical (unpaired) electrons. The van der Waals surface area contributed by atoms with Gasteiger partial charge < -0.3 is 15.0 Å². The number of amides is 2. The average molecular weight is 566 g/mol. The van der Waals surface area contributed by atoms with E-state index in [-0.39, 0.29) is 29.1 Å². The van der Waals surface area contributed by atoms with Crippen LogP contribution in [0.1, 0.15) is 37.5 Å². The predicted molar refractivity (Wildman–Crippen MR) is 158 cm³/mol. The van der Waals surface area contributed by atoms with Gasteiger partial charge in [0.1, 0.15) is 18.3 Å². The Kier molecular flexibility index (Phi) is 10.3. The highest BCUT2D eigenvalue weighted by Crippen LogP contribution is 2.33. The molecule has 3 rings (SSSR count). The number of hydrogen-bond donors (Lipinski definition) is 1. The van der Waals surface area contributed by atoms with Crippen LogP contribution in [0.4, 0.5) is 5.69 Å². The maximum atomic E-state index is 14.0. The number of carbonyl (C=O) groups is 2. The number of benzene rings is 3. The van der Waals surface area contributed by atoms with E-state index >= 15 is 0 Å². The Morgan fingerprint density at radius 2 is 1.52 bits per heavy atom. The minimum absolute atomic E-state index is 0.0518. The van der Waals surface area contributed by atoms with Gasteiger partial charge >= 0.3 is 0 Å². The maximum absolute atomic E-state index is 14.0. The number of nitrogens with zero attached hydrogens (tertiary/aromatic N) is 2. The van der Waals surface area contributed by atoms with Gasteiger partial charge in [0.15, 0.2) is 0 Å². The Balaban J connectivity index is 2.05. The number of aryl methyl sites for hydroxylation is 2. The summed E-state index contributed by atoms with van der Waals surface area (Å²) in [7, 11) is -2.72. The standard InChI is InChI=1S/C31H39N3O5S/c1-22(2)32-31(36)25(5)33(19-18-26-10-8-7-9-11-26)30(35)21-34(28-20-24(4)14-17-29(28)39-6)40(37,38)27-15-12-23(3)13-16-27/h7-17,20,22,25H,18-19,21H2,1-6H3,(H,32,36)/t25-/m0/s1. The molecule has 0 spiro atoms. The molecule has 0 aromatic heterocycles. The summed E-state index contributed by atoms with van der Waals surface area (Å²) in [5.41, 5.74) is 2.96. The second-order valence-electron chi connectivity index (χ2n) is 10.2. The molecule has 214 valence electrons. The highest BCUT2D eigenvalue weighted by Gasteiger charge is 2.33. The Hall–Kier alpha value is -3.85. The van der Waals surface area contributed by atoms with Gasteiger partial charge in [0.05, 0.1) is 17.7 Å². The maximum Gasteiger partial charge on any atom is 0.264 e. The van der Waals surface area contributed by atoms with Gasteiger partial charge in [0, 0.05) is 12.6 Å². The molecule has 1 N–H and O–H groups in total. The molecule has 0 aliphatic carbocycles. The lowest BCUT2D eigenvalue weighted by atomic mass is 10.1. The van der Waals surface area contributed by atoms with Crippen LogP contribution in [0.2, 0.25) is 0 Å². The molecule has 0 fully saturated rings. The number of nitrogens with one attached hydrogen (secondary N) is 1. The number of methoxy groups -OCH3 is 1. The van der Waals surface area contributed by atoms with Gasteiger partial charge in [-0.25, -0.2) is 8.42 Å². The molecule has 9 heteroatoms. The SMILES string of the molecule is COc1ccc(C)cc1N(CC(=O)N(CCc1ccccc1)[C@@H](C)C(=O)NC(C)C)S(=O)(=O)c1ccc(C)cc1. The van der Waals surface area contributed by atoms with Crippen molar-refractivity contribution in [2.24, 2.45) is 0 Å². The smallest absolute Gasteiger partial charge is 0.264 e. The minimum Gasteiger partial charge on any atom is -0.495 e. The van der Waals surface area contributed by atoms with Crippen LogP contribution in [0.25, 0.3) is 0 Å². The molecule has 2 amide bonds. The summed E-state index contributed by atoms with van der Waals surface area (Å²) >= 11 is 0. The molecule has 40 heavy (non-hydrogen) atoms. The van der Waals surface area contributed by atoms with Crippen LogP contribution in [0.15, 0.2) is 77.7 Å². The van der Waals surface area contributed by atoms with Crippen LogP contribution >= 0.6 is 0 Å². The van der Waals surface area contributed by atoms with Gasteiger partial charge in [0.25, 0.3) is 10.0 Å². The summed E-state index contributed by atoms with van der Waals surface area (Å²) in [5.74, 6) is -0.491. The first-order valence-electron chi connectivity index (χ1n) is 13.3. The van der Waals surface area contributed by atoms with Crippen molar-refractivity contribution in [1.82, 2.24) is 10.2 Å². The summed E-state index contributed by atoms with van der Waals surface area (Å²) in [5, 5.41) is 2.86. The normalized spacial score (nSPS) is 12.1. The first-order valence-corrected chi connectivity index (χ1v) is 14.8. The quantitative estimate of drug-likeness (QED) is 0.349. The fourth-order valence-corrected chi connectivity index (χ4v) is 5.74. The van der Waals surface area contributed by atoms with E-state index in [9.17, 15) is 18.0 Å². The topological polar surface area (TPSA) is 96.0 Å². The Morgan fingerprint density at radius 3 is 2.12 bits per heavy atom. The third-order valence-electron chi connectivity index (χ3n) is 6.57. The van der Waals surface area contributed by atoms with Crippen molar-refractivity contribution in [3.8, 4) is 5.75 Å². The van der Waals surface area contributed by atoms with Gasteiger partial charge in [-0.3, -0.25) is 13.9 Å². The van der Waals surface area contributed by atoms with Crippen molar-refractivity contribution >= 4 is 27.5 Å². The average Bonchev–Trinajstić information content (AvgIpc) is 2.92. The van der Waals surface area contributed by atoms with Crippen LogP contribution in [0.5, 0.6) is 5.75 Å². The summed E-state index contributed by atoms with van der Waals surface area (Å²) in [4.78, 5) is 28.5. The summed E-state index contributed by atoms with van der Waals surface area (Å²) in [6.07, 6.45) is 0.504. The Morgan fingerprint density at radius 1 is 0.900 bits per heavy atom. The highest BCUT2D eigenvalue weighted by molar-refractivity contribution is 7.92. The molecule has 0 bridgehead atoms. The van der Waals surface area contributed by atoms with Crippen molar-refractivity contribution in [2.45, 2.75) is 58.0 Å². The van der Waals surface area contributed by atoms with Crippen LogP contribution in [0, 0.1) is 13.8 Å². The molecule has 3 aromatic rings. The van der Waals surface area contributed by atoms with E-state index in [1.54, 1.807) is 31.2 Å². The van der Waals surface area contributed by atoms with Gasteiger partial charge in [-0.1, -0.05) is 54.1 Å². The van der Waals surface area contributed by atoms with E-state index in [1.807, 2.05) is 64.1 Å². The van der Waals surface area contributed by atoms with Gasteiger partial charge in [0.2, 0.25) is 11.8 Å². The van der Waals surface area contributed by atoms with Gasteiger partial charge in [-0.2, -0.15) is 0 Å². The first kappa shape index (κ1) is 30.7. The Bertz CT molecular complexity index is 1410. The second kappa shape index (κ2) is 13.5. The molecule has 0 heterocycles. The molecule has 0 aliphatic rings. The summed E-state index contributed by atoms with van der Waals surface area (Å²) in [6.45, 7) is 8.79. The zero-order valence-electron chi connectivity index (χ0n) is 24.0. The number of anilines is 1. The molecule has 1 atom stereocenters. The van der Waals surface area contributed by atoms with E-state index in [0.717, 1.165) is 21.0 Å². The molecule has 3 aromatic carbocycles.